The van der Waals surface area contributed by atoms with Crippen molar-refractivity contribution in [3.8, 4) is 0 Å². The number of aromatic nitrogens is 2. The molecule has 1 fully saturated rings. The van der Waals surface area contributed by atoms with E-state index in [1.165, 1.54) is 62.8 Å². The molecule has 3 nitrogen and oxygen atoms in total. The maximum Gasteiger partial charge on any atom is 0.0952 e. The van der Waals surface area contributed by atoms with Crippen molar-refractivity contribution in [2.75, 3.05) is 6.54 Å². The second kappa shape index (κ2) is 6.08. The van der Waals surface area contributed by atoms with E-state index in [2.05, 4.69) is 28.1 Å². The minimum Gasteiger partial charge on any atom is -0.333 e. The first kappa shape index (κ1) is 13.2. The van der Waals surface area contributed by atoms with Crippen LogP contribution in [0.4, 0.5) is 0 Å². The van der Waals surface area contributed by atoms with E-state index in [4.69, 9.17) is 0 Å². The van der Waals surface area contributed by atoms with Gasteiger partial charge >= 0.3 is 0 Å². The fraction of sp³-hybridized carbons (Fsp3) is 0.812. The highest BCUT2D eigenvalue weighted by Crippen LogP contribution is 2.23. The van der Waals surface area contributed by atoms with Gasteiger partial charge in [-0.05, 0) is 44.4 Å². The fourth-order valence-corrected chi connectivity index (χ4v) is 3.71. The zero-order chi connectivity index (χ0) is 13.1. The van der Waals surface area contributed by atoms with Gasteiger partial charge in [0.15, 0.2) is 0 Å². The number of hydrogen-bond acceptors (Lipinski definition) is 2. The Morgan fingerprint density at radius 3 is 2.95 bits per heavy atom. The molecule has 2 aliphatic rings. The van der Waals surface area contributed by atoms with E-state index in [0.29, 0.717) is 0 Å². The number of imidazole rings is 1. The predicted molar refractivity (Wildman–Crippen MR) is 78.3 cm³/mol. The predicted octanol–water partition coefficient (Wildman–Crippen LogP) is 2.93. The Morgan fingerprint density at radius 1 is 1.21 bits per heavy atom. The Kier molecular flexibility index (Phi) is 4.21. The third-order valence-electron chi connectivity index (χ3n) is 4.98. The molecule has 0 amide bonds. The molecule has 19 heavy (non-hydrogen) atoms. The molecule has 1 aromatic rings. The quantitative estimate of drug-likeness (QED) is 0.903. The van der Waals surface area contributed by atoms with Crippen molar-refractivity contribution in [1.29, 1.82) is 0 Å². The third kappa shape index (κ3) is 3.02. The summed E-state index contributed by atoms with van der Waals surface area (Å²) in [6, 6.07) is 0.744. The van der Waals surface area contributed by atoms with Gasteiger partial charge in [-0.15, -0.1) is 0 Å². The van der Waals surface area contributed by atoms with E-state index in [1.54, 1.807) is 0 Å². The first-order valence-corrected chi connectivity index (χ1v) is 8.11. The van der Waals surface area contributed by atoms with Gasteiger partial charge in [-0.1, -0.05) is 19.8 Å². The van der Waals surface area contributed by atoms with E-state index < -0.39 is 0 Å². The van der Waals surface area contributed by atoms with Crippen molar-refractivity contribution < 1.29 is 0 Å². The lowest BCUT2D eigenvalue weighted by Gasteiger charge is -2.29. The molecule has 0 spiro atoms. The minimum absolute atomic E-state index is 0.744. The van der Waals surface area contributed by atoms with Crippen molar-refractivity contribution in [3.05, 3.63) is 17.7 Å². The van der Waals surface area contributed by atoms with Crippen molar-refractivity contribution in [2.24, 2.45) is 5.92 Å². The van der Waals surface area contributed by atoms with Gasteiger partial charge in [-0.3, -0.25) is 0 Å². The first-order chi connectivity index (χ1) is 9.34. The average molecular weight is 261 g/mol. The number of aryl methyl sites for hydroxylation is 1. The molecule has 0 aliphatic heterocycles. The molecule has 3 heteroatoms. The minimum atomic E-state index is 0.744. The van der Waals surface area contributed by atoms with Gasteiger partial charge in [0.1, 0.15) is 0 Å². The van der Waals surface area contributed by atoms with Gasteiger partial charge in [0, 0.05) is 24.8 Å². The van der Waals surface area contributed by atoms with E-state index in [-0.39, 0.29) is 0 Å². The monoisotopic (exact) mass is 261 g/mol. The molecule has 1 saturated carbocycles. The van der Waals surface area contributed by atoms with Crippen LogP contribution in [-0.2, 0) is 19.4 Å². The molecule has 0 aromatic carbocycles. The maximum atomic E-state index is 4.57. The van der Waals surface area contributed by atoms with E-state index >= 15 is 0 Å². The van der Waals surface area contributed by atoms with Crippen LogP contribution < -0.4 is 5.32 Å². The first-order valence-electron chi connectivity index (χ1n) is 8.11. The summed E-state index contributed by atoms with van der Waals surface area (Å²) in [5.74, 6) is 0.852. The highest BCUT2D eigenvalue weighted by Gasteiger charge is 2.20. The number of nitrogens with zero attached hydrogens (tertiary/aromatic N) is 2. The molecule has 2 atom stereocenters. The van der Waals surface area contributed by atoms with Crippen LogP contribution in [0.5, 0.6) is 0 Å². The van der Waals surface area contributed by atoms with Crippen LogP contribution in [0.15, 0.2) is 6.33 Å². The van der Waals surface area contributed by atoms with Crippen molar-refractivity contribution >= 4 is 0 Å². The molecule has 1 heterocycles. The summed E-state index contributed by atoms with van der Waals surface area (Å²) in [7, 11) is 0. The second-order valence-corrected chi connectivity index (χ2v) is 6.36. The van der Waals surface area contributed by atoms with Crippen molar-refractivity contribution in [1.82, 2.24) is 14.9 Å². The third-order valence-corrected chi connectivity index (χ3v) is 4.98. The van der Waals surface area contributed by atoms with Gasteiger partial charge in [-0.2, -0.15) is 0 Å². The Morgan fingerprint density at radius 2 is 2.05 bits per heavy atom. The summed E-state index contributed by atoms with van der Waals surface area (Å²) >= 11 is 0. The molecular formula is C16H27N3. The Balaban J connectivity index is 1.51. The van der Waals surface area contributed by atoms with Crippen LogP contribution >= 0.6 is 0 Å². The van der Waals surface area contributed by atoms with Crippen LogP contribution in [0, 0.1) is 5.92 Å². The molecule has 1 aromatic heterocycles. The molecule has 1 N–H and O–H groups in total. The molecular weight excluding hydrogens is 234 g/mol. The molecule has 0 bridgehead atoms. The van der Waals surface area contributed by atoms with E-state index in [9.17, 15) is 0 Å². The van der Waals surface area contributed by atoms with E-state index in [0.717, 1.165) is 25.0 Å². The van der Waals surface area contributed by atoms with Crippen LogP contribution in [0.2, 0.25) is 0 Å². The summed E-state index contributed by atoms with van der Waals surface area (Å²) in [5, 5.41) is 3.77. The molecule has 0 radical (unpaired) electrons. The van der Waals surface area contributed by atoms with Crippen molar-refractivity contribution in [2.45, 2.75) is 70.9 Å². The zero-order valence-corrected chi connectivity index (χ0v) is 12.2. The van der Waals surface area contributed by atoms with Crippen LogP contribution in [0.1, 0.15) is 56.8 Å². The zero-order valence-electron chi connectivity index (χ0n) is 12.2. The molecule has 2 unspecified atom stereocenters. The SMILES string of the molecule is CC1CCCCC1NCCn1cnc2c1CCCC2. The summed E-state index contributed by atoms with van der Waals surface area (Å²) < 4.78 is 2.38. The van der Waals surface area contributed by atoms with Crippen LogP contribution in [-0.4, -0.2) is 22.1 Å². The molecule has 2 aliphatic carbocycles. The topological polar surface area (TPSA) is 29.9 Å². The van der Waals surface area contributed by atoms with Gasteiger partial charge < -0.3 is 9.88 Å². The van der Waals surface area contributed by atoms with Gasteiger partial charge in [0.2, 0.25) is 0 Å². The highest BCUT2D eigenvalue weighted by atomic mass is 15.1. The van der Waals surface area contributed by atoms with Gasteiger partial charge in [0.05, 0.1) is 12.0 Å². The van der Waals surface area contributed by atoms with Gasteiger partial charge in [-0.25, -0.2) is 4.98 Å². The smallest absolute Gasteiger partial charge is 0.0952 e. The lowest BCUT2D eigenvalue weighted by Crippen LogP contribution is -2.38. The average Bonchev–Trinajstić information content (AvgIpc) is 2.85. The fourth-order valence-electron chi connectivity index (χ4n) is 3.71. The number of nitrogens with one attached hydrogen (secondary N) is 1. The maximum absolute atomic E-state index is 4.57. The Hall–Kier alpha value is -0.830. The number of hydrogen-bond donors (Lipinski definition) is 1. The standard InChI is InChI=1S/C16H27N3/c1-13-6-2-3-7-14(13)17-10-11-19-12-18-15-8-4-5-9-16(15)19/h12-14,17H,2-11H2,1H3. The van der Waals surface area contributed by atoms with Crippen LogP contribution in [0.25, 0.3) is 0 Å². The number of fused-ring (bicyclic) bond motifs is 1. The molecule has 106 valence electrons. The van der Waals surface area contributed by atoms with E-state index in [1.807, 2.05) is 0 Å². The summed E-state index contributed by atoms with van der Waals surface area (Å²) in [5.41, 5.74) is 2.86. The summed E-state index contributed by atoms with van der Waals surface area (Å²) in [6.07, 6.45) is 12.7. The Bertz CT molecular complexity index is 410. The summed E-state index contributed by atoms with van der Waals surface area (Å²) in [4.78, 5) is 4.57. The number of rotatable bonds is 4. The normalized spacial score (nSPS) is 27.2. The molecule has 0 saturated heterocycles. The lowest BCUT2D eigenvalue weighted by atomic mass is 9.86. The largest absolute Gasteiger partial charge is 0.333 e. The molecule has 3 rings (SSSR count). The van der Waals surface area contributed by atoms with Crippen molar-refractivity contribution in [3.63, 3.8) is 0 Å². The van der Waals surface area contributed by atoms with Crippen LogP contribution in [0.3, 0.4) is 0 Å². The highest BCUT2D eigenvalue weighted by molar-refractivity contribution is 5.16. The lowest BCUT2D eigenvalue weighted by molar-refractivity contribution is 0.278. The Labute approximate surface area is 116 Å². The summed E-state index contributed by atoms with van der Waals surface area (Å²) in [6.45, 7) is 4.58. The van der Waals surface area contributed by atoms with Gasteiger partial charge in [0.25, 0.3) is 0 Å². The second-order valence-electron chi connectivity index (χ2n) is 6.36.